The zero-order chi connectivity index (χ0) is 17.5. The van der Waals surface area contributed by atoms with Gasteiger partial charge in [0.15, 0.2) is 0 Å². The van der Waals surface area contributed by atoms with Crippen LogP contribution in [0.2, 0.25) is 0 Å². The van der Waals surface area contributed by atoms with Crippen LogP contribution in [0.1, 0.15) is 42.5 Å². The Kier molecular flexibility index (Phi) is 3.82. The van der Waals surface area contributed by atoms with Crippen LogP contribution < -0.4 is 20.5 Å². The average Bonchev–Trinajstić information content (AvgIpc) is 2.85. The molecule has 3 rings (SSSR count). The van der Waals surface area contributed by atoms with Crippen molar-refractivity contribution in [2.45, 2.75) is 31.9 Å². The molecular formula is C16H20N4O4. The largest absolute Gasteiger partial charge is 0.497 e. The van der Waals surface area contributed by atoms with Crippen molar-refractivity contribution in [3.8, 4) is 11.5 Å². The fourth-order valence-electron chi connectivity index (χ4n) is 2.82. The minimum Gasteiger partial charge on any atom is -0.497 e. The third-order valence-corrected chi connectivity index (χ3v) is 3.96. The topological polar surface area (TPSA) is 98.2 Å². The van der Waals surface area contributed by atoms with Crippen molar-refractivity contribution in [3.63, 3.8) is 0 Å². The summed E-state index contributed by atoms with van der Waals surface area (Å²) in [6.07, 6.45) is 0.579. The van der Waals surface area contributed by atoms with E-state index >= 15 is 0 Å². The van der Waals surface area contributed by atoms with Crippen molar-refractivity contribution in [1.82, 2.24) is 20.1 Å². The first-order valence-corrected chi connectivity index (χ1v) is 7.60. The zero-order valence-corrected chi connectivity index (χ0v) is 14.0. The predicted molar refractivity (Wildman–Crippen MR) is 86.4 cm³/mol. The molecule has 1 unspecified atom stereocenters. The normalized spacial score (nSPS) is 18.4. The maximum Gasteiger partial charge on any atom is 0.343 e. The van der Waals surface area contributed by atoms with Gasteiger partial charge in [-0.05, 0) is 32.0 Å². The minimum atomic E-state index is -0.441. The second kappa shape index (κ2) is 5.70. The number of amides is 1. The number of methoxy groups -OCH3 is 1. The van der Waals surface area contributed by atoms with Crippen LogP contribution in [0.3, 0.4) is 0 Å². The van der Waals surface area contributed by atoms with E-state index < -0.39 is 17.2 Å². The highest BCUT2D eigenvalue weighted by Crippen LogP contribution is 2.41. The molecule has 0 fully saturated rings. The Balaban J connectivity index is 1.92. The van der Waals surface area contributed by atoms with E-state index in [-0.39, 0.29) is 11.9 Å². The molecule has 0 saturated carbocycles. The molecule has 1 amide bonds. The van der Waals surface area contributed by atoms with E-state index in [1.54, 1.807) is 7.11 Å². The summed E-state index contributed by atoms with van der Waals surface area (Å²) in [5.41, 5.74) is -0.0355. The Morgan fingerprint density at radius 3 is 2.88 bits per heavy atom. The van der Waals surface area contributed by atoms with Gasteiger partial charge < -0.3 is 14.8 Å². The molecule has 1 aromatic carbocycles. The fraction of sp³-hybridized carbons (Fsp3) is 0.438. The third-order valence-electron chi connectivity index (χ3n) is 3.96. The van der Waals surface area contributed by atoms with E-state index in [0.717, 1.165) is 10.2 Å². The molecule has 0 spiro atoms. The first-order valence-electron chi connectivity index (χ1n) is 7.60. The number of nitrogens with zero attached hydrogens (tertiary/aromatic N) is 2. The number of nitrogens with one attached hydrogen (secondary N) is 2. The molecule has 8 heteroatoms. The molecule has 2 aromatic rings. The van der Waals surface area contributed by atoms with E-state index in [1.807, 2.05) is 32.0 Å². The molecule has 1 atom stereocenters. The van der Waals surface area contributed by atoms with Crippen LogP contribution in [-0.4, -0.2) is 33.4 Å². The van der Waals surface area contributed by atoms with Crippen LogP contribution in [0.5, 0.6) is 11.5 Å². The first kappa shape index (κ1) is 16.1. The van der Waals surface area contributed by atoms with Crippen LogP contribution in [0, 0.1) is 0 Å². The second-order valence-corrected chi connectivity index (χ2v) is 6.40. The number of rotatable bonds is 3. The van der Waals surface area contributed by atoms with Gasteiger partial charge >= 0.3 is 5.69 Å². The maximum absolute atomic E-state index is 12.4. The number of carbonyl (C=O) groups is 1. The van der Waals surface area contributed by atoms with Crippen molar-refractivity contribution in [1.29, 1.82) is 0 Å². The molecule has 8 nitrogen and oxygen atoms in total. The third kappa shape index (κ3) is 2.99. The van der Waals surface area contributed by atoms with Gasteiger partial charge in [-0.3, -0.25) is 9.78 Å². The van der Waals surface area contributed by atoms with Gasteiger partial charge in [0.25, 0.3) is 5.91 Å². The Bertz CT molecular complexity index is 837. The smallest absolute Gasteiger partial charge is 0.343 e. The van der Waals surface area contributed by atoms with Gasteiger partial charge in [-0.1, -0.05) is 0 Å². The highest BCUT2D eigenvalue weighted by Gasteiger charge is 2.35. The number of aryl methyl sites for hydroxylation is 1. The standard InChI is InChI=1S/C16H20N4O4/c1-16(2)8-11(10-7-9(23-4)5-6-12(10)24-16)17-14(21)13-18-15(22)20(3)19-13/h5-7,11H,8H2,1-4H3,(H,17,21)(H,18,19,22). The Hall–Kier alpha value is -2.77. The molecule has 24 heavy (non-hydrogen) atoms. The number of benzene rings is 1. The van der Waals surface area contributed by atoms with Crippen LogP contribution in [-0.2, 0) is 7.05 Å². The number of carbonyl (C=O) groups excluding carboxylic acids is 1. The summed E-state index contributed by atoms with van der Waals surface area (Å²) in [7, 11) is 3.06. The fourth-order valence-corrected chi connectivity index (χ4v) is 2.82. The molecule has 1 aliphatic heterocycles. The van der Waals surface area contributed by atoms with Gasteiger partial charge in [-0.25, -0.2) is 9.48 Å². The summed E-state index contributed by atoms with van der Waals surface area (Å²) >= 11 is 0. The molecule has 128 valence electrons. The van der Waals surface area contributed by atoms with E-state index in [4.69, 9.17) is 9.47 Å². The van der Waals surface area contributed by atoms with E-state index in [0.29, 0.717) is 17.9 Å². The summed E-state index contributed by atoms with van der Waals surface area (Å²) in [5.74, 6) is 0.926. The van der Waals surface area contributed by atoms with Gasteiger partial charge in [0.2, 0.25) is 5.82 Å². The maximum atomic E-state index is 12.4. The zero-order valence-electron chi connectivity index (χ0n) is 14.0. The average molecular weight is 332 g/mol. The lowest BCUT2D eigenvalue weighted by Gasteiger charge is -2.37. The molecule has 1 aromatic heterocycles. The second-order valence-electron chi connectivity index (χ2n) is 6.40. The van der Waals surface area contributed by atoms with Crippen LogP contribution >= 0.6 is 0 Å². The van der Waals surface area contributed by atoms with Gasteiger partial charge in [0, 0.05) is 19.0 Å². The van der Waals surface area contributed by atoms with Crippen molar-refractivity contribution in [3.05, 3.63) is 40.1 Å². The Morgan fingerprint density at radius 1 is 1.50 bits per heavy atom. The van der Waals surface area contributed by atoms with E-state index in [1.165, 1.54) is 7.05 Å². The number of ether oxygens (including phenoxy) is 2. The number of aromatic amines is 1. The van der Waals surface area contributed by atoms with Gasteiger partial charge in [-0.2, -0.15) is 0 Å². The molecular weight excluding hydrogens is 312 g/mol. The molecule has 0 radical (unpaired) electrons. The number of hydrogen-bond acceptors (Lipinski definition) is 5. The van der Waals surface area contributed by atoms with Crippen molar-refractivity contribution in [2.24, 2.45) is 7.05 Å². The van der Waals surface area contributed by atoms with Crippen LogP contribution in [0.25, 0.3) is 0 Å². The molecule has 1 aliphatic rings. The lowest BCUT2D eigenvalue weighted by atomic mass is 9.89. The van der Waals surface area contributed by atoms with E-state index in [9.17, 15) is 9.59 Å². The van der Waals surface area contributed by atoms with Gasteiger partial charge in [0.1, 0.15) is 17.1 Å². The van der Waals surface area contributed by atoms with Crippen LogP contribution in [0.15, 0.2) is 23.0 Å². The number of H-pyrrole nitrogens is 1. The van der Waals surface area contributed by atoms with Gasteiger partial charge in [-0.15, -0.1) is 5.10 Å². The number of fused-ring (bicyclic) bond motifs is 1. The number of hydrogen-bond donors (Lipinski definition) is 2. The minimum absolute atomic E-state index is 0.0174. The molecule has 0 aliphatic carbocycles. The van der Waals surface area contributed by atoms with Crippen LogP contribution in [0.4, 0.5) is 0 Å². The SMILES string of the molecule is COc1ccc2c(c1)C(NC(=O)c1nn(C)c(=O)[nH]1)CC(C)(C)O2. The number of aromatic nitrogens is 3. The molecule has 2 N–H and O–H groups in total. The van der Waals surface area contributed by atoms with Gasteiger partial charge in [0.05, 0.1) is 13.2 Å². The lowest BCUT2D eigenvalue weighted by molar-refractivity contribution is 0.0615. The van der Waals surface area contributed by atoms with Crippen molar-refractivity contribution < 1.29 is 14.3 Å². The highest BCUT2D eigenvalue weighted by atomic mass is 16.5. The molecule has 2 heterocycles. The van der Waals surface area contributed by atoms with Crippen molar-refractivity contribution >= 4 is 5.91 Å². The summed E-state index contributed by atoms with van der Waals surface area (Å²) in [6, 6.07) is 5.21. The summed E-state index contributed by atoms with van der Waals surface area (Å²) in [6.45, 7) is 3.92. The Labute approximate surface area is 138 Å². The monoisotopic (exact) mass is 332 g/mol. The summed E-state index contributed by atoms with van der Waals surface area (Å²) in [5, 5.41) is 6.80. The lowest BCUT2D eigenvalue weighted by Crippen LogP contribution is -2.41. The van der Waals surface area contributed by atoms with E-state index in [2.05, 4.69) is 15.4 Å². The predicted octanol–water partition coefficient (Wildman–Crippen LogP) is 1.15. The highest BCUT2D eigenvalue weighted by molar-refractivity contribution is 5.90. The molecule has 0 bridgehead atoms. The summed E-state index contributed by atoms with van der Waals surface area (Å²) < 4.78 is 12.3. The quantitative estimate of drug-likeness (QED) is 0.878. The molecule has 0 saturated heterocycles. The Morgan fingerprint density at radius 2 is 2.25 bits per heavy atom. The summed E-state index contributed by atoms with van der Waals surface area (Å²) in [4.78, 5) is 26.3. The first-order chi connectivity index (χ1) is 11.3. The van der Waals surface area contributed by atoms with Crippen molar-refractivity contribution in [2.75, 3.05) is 7.11 Å².